The molecule has 1 aliphatic heterocycles. The van der Waals surface area contributed by atoms with E-state index in [1.807, 2.05) is 30.3 Å². The molecular weight excluding hydrogens is 712 g/mol. The largest absolute Gasteiger partial charge is 0.481 e. The van der Waals surface area contributed by atoms with Crippen molar-refractivity contribution in [3.05, 3.63) is 59.7 Å². The van der Waals surface area contributed by atoms with Crippen molar-refractivity contribution in [1.82, 2.24) is 0 Å². The van der Waals surface area contributed by atoms with E-state index in [0.717, 1.165) is 24.8 Å². The summed E-state index contributed by atoms with van der Waals surface area (Å²) in [5, 5.41) is 65.4. The number of benzene rings is 1. The number of ether oxygens (including phenoxy) is 3. The van der Waals surface area contributed by atoms with Crippen LogP contribution < -0.4 is 0 Å². The van der Waals surface area contributed by atoms with E-state index in [9.17, 15) is 35.4 Å². The molecule has 56 heavy (non-hydrogen) atoms. The van der Waals surface area contributed by atoms with Gasteiger partial charge in [0.1, 0.15) is 18.3 Å². The molecule has 1 heterocycles. The molecule has 5 fully saturated rings. The summed E-state index contributed by atoms with van der Waals surface area (Å²) >= 11 is 0. The highest BCUT2D eigenvalue weighted by molar-refractivity contribution is 5.77. The number of carboxylic acid groups (broad SMARTS) is 1. The fourth-order valence-electron chi connectivity index (χ4n) is 14.9. The number of allylic oxidation sites excluding steroid dienone is 3. The second-order valence-electron chi connectivity index (χ2n) is 20.4. The van der Waals surface area contributed by atoms with Crippen LogP contribution in [-0.2, 0) is 25.6 Å². The van der Waals surface area contributed by atoms with Crippen molar-refractivity contribution in [3.63, 3.8) is 0 Å². The quantitative estimate of drug-likeness (QED) is 0.139. The summed E-state index contributed by atoms with van der Waals surface area (Å²) in [6.07, 6.45) is 5.51. The van der Waals surface area contributed by atoms with Gasteiger partial charge in [0, 0.05) is 17.9 Å². The highest BCUT2D eigenvalue weighted by Crippen LogP contribution is 2.80. The fraction of sp³-hybridized carbons (Fsp3) is 0.761. The lowest BCUT2D eigenvalue weighted by molar-refractivity contribution is -0.347. The van der Waals surface area contributed by atoms with Gasteiger partial charge in [-0.1, -0.05) is 102 Å². The highest BCUT2D eigenvalue weighted by atomic mass is 16.7. The molecule has 4 bridgehead atoms. The number of hydrogen-bond acceptors (Lipinski definition) is 9. The van der Waals surface area contributed by atoms with Gasteiger partial charge in [-0.05, 0) is 95.3 Å². The van der Waals surface area contributed by atoms with Crippen molar-refractivity contribution in [1.29, 1.82) is 0 Å². The van der Waals surface area contributed by atoms with E-state index in [4.69, 9.17) is 14.2 Å². The van der Waals surface area contributed by atoms with E-state index in [0.29, 0.717) is 32.3 Å². The fourth-order valence-corrected chi connectivity index (χ4v) is 14.9. The van der Waals surface area contributed by atoms with Crippen LogP contribution in [0.15, 0.2) is 54.1 Å². The zero-order valence-corrected chi connectivity index (χ0v) is 34.1. The number of rotatable bonds is 9. The maximum absolute atomic E-state index is 13.5. The number of aliphatic hydroxyl groups excluding tert-OH is 5. The minimum absolute atomic E-state index is 0.0430. The van der Waals surface area contributed by atoms with E-state index in [1.54, 1.807) is 0 Å². The molecule has 10 nitrogen and oxygen atoms in total. The zero-order valence-electron chi connectivity index (χ0n) is 34.1. The molecule has 0 spiro atoms. The van der Waals surface area contributed by atoms with Gasteiger partial charge in [-0.2, -0.15) is 0 Å². The van der Waals surface area contributed by atoms with Crippen LogP contribution in [0.3, 0.4) is 0 Å². The van der Waals surface area contributed by atoms with Gasteiger partial charge >= 0.3 is 5.97 Å². The van der Waals surface area contributed by atoms with Crippen LogP contribution in [0.2, 0.25) is 0 Å². The maximum Gasteiger partial charge on any atom is 0.310 e. The van der Waals surface area contributed by atoms with Crippen molar-refractivity contribution in [2.24, 2.45) is 68.0 Å². The van der Waals surface area contributed by atoms with E-state index >= 15 is 0 Å². The molecule has 1 aromatic rings. The molecule has 0 radical (unpaired) electrons. The zero-order chi connectivity index (χ0) is 40.2. The first kappa shape index (κ1) is 40.6. The number of carbonyl (C=O) groups is 1. The van der Waals surface area contributed by atoms with Crippen LogP contribution in [0.25, 0.3) is 0 Å². The Labute approximate surface area is 332 Å². The molecule has 7 aliphatic rings. The molecule has 4 saturated carbocycles. The van der Waals surface area contributed by atoms with Crippen molar-refractivity contribution in [2.45, 2.75) is 130 Å². The molecule has 18 atom stereocenters. The highest BCUT2D eigenvalue weighted by Gasteiger charge is 2.76. The van der Waals surface area contributed by atoms with Gasteiger partial charge in [0.25, 0.3) is 0 Å². The molecule has 1 saturated heterocycles. The first-order chi connectivity index (χ1) is 26.5. The van der Waals surface area contributed by atoms with E-state index in [-0.39, 0.29) is 77.0 Å². The van der Waals surface area contributed by atoms with E-state index < -0.39 is 53.6 Å². The van der Waals surface area contributed by atoms with Crippen molar-refractivity contribution < 1.29 is 49.6 Å². The lowest BCUT2D eigenvalue weighted by Gasteiger charge is -2.76. The van der Waals surface area contributed by atoms with Crippen molar-refractivity contribution in [2.75, 3.05) is 19.8 Å². The van der Waals surface area contributed by atoms with E-state index in [1.165, 1.54) is 5.57 Å². The Bertz CT molecular complexity index is 1720. The molecule has 8 rings (SSSR count). The summed E-state index contributed by atoms with van der Waals surface area (Å²) in [5.41, 5.74) is -0.666. The van der Waals surface area contributed by atoms with Gasteiger partial charge in [-0.3, -0.25) is 4.79 Å². The number of carboxylic acids is 1. The normalized spacial score (nSPS) is 51.9. The number of fused-ring (bicyclic) bond motifs is 5. The minimum atomic E-state index is -1.49. The first-order valence-electron chi connectivity index (χ1n) is 21.3. The summed E-state index contributed by atoms with van der Waals surface area (Å²) in [5.74, 6) is -0.672. The van der Waals surface area contributed by atoms with Crippen LogP contribution in [0.4, 0.5) is 0 Å². The third-order valence-electron chi connectivity index (χ3n) is 17.9. The predicted molar refractivity (Wildman–Crippen MR) is 209 cm³/mol. The molecular formula is C46H66O10. The average Bonchev–Trinajstić information content (AvgIpc) is 3.17. The van der Waals surface area contributed by atoms with E-state index in [2.05, 4.69) is 59.8 Å². The van der Waals surface area contributed by atoms with Crippen molar-refractivity contribution in [3.8, 4) is 0 Å². The third kappa shape index (κ3) is 5.45. The smallest absolute Gasteiger partial charge is 0.310 e. The molecule has 6 aliphatic carbocycles. The Morgan fingerprint density at radius 3 is 2.32 bits per heavy atom. The SMILES string of the molecule is CC[C@@H]1C[C@]2(C(=O)O)CC[C@](C)(CO)C[C@H]2C2=CC[C@H]3[C@@]4(C)[C@@H]5C=C[C@H](C[C@@]3(C)[C@@]21C)[C@@H]4[C@](C)(CO)[C@H](O[C@H]1OC[C@@H](O)[C@H](O)[C@H]1O)[C@@H]5OCc1ccccc1. The molecule has 1 aromatic carbocycles. The number of aliphatic hydroxyl groups is 5. The molecule has 0 unspecified atom stereocenters. The van der Waals surface area contributed by atoms with Gasteiger partial charge in [-0.25, -0.2) is 0 Å². The first-order valence-corrected chi connectivity index (χ1v) is 21.3. The molecule has 0 aromatic heterocycles. The molecule has 0 amide bonds. The summed E-state index contributed by atoms with van der Waals surface area (Å²) in [7, 11) is 0. The Hall–Kier alpha value is -2.15. The third-order valence-corrected chi connectivity index (χ3v) is 17.9. The Morgan fingerprint density at radius 2 is 1.66 bits per heavy atom. The van der Waals surface area contributed by atoms with Gasteiger partial charge < -0.3 is 44.8 Å². The van der Waals surface area contributed by atoms with Crippen LogP contribution in [0, 0.1) is 68.0 Å². The van der Waals surface area contributed by atoms with Crippen molar-refractivity contribution >= 4 is 5.97 Å². The maximum atomic E-state index is 13.5. The summed E-state index contributed by atoms with van der Waals surface area (Å²) in [4.78, 5) is 13.5. The average molecular weight is 779 g/mol. The lowest BCUT2D eigenvalue weighted by Crippen LogP contribution is -2.75. The van der Waals surface area contributed by atoms with Crippen LogP contribution in [0.5, 0.6) is 0 Å². The van der Waals surface area contributed by atoms with Crippen LogP contribution >= 0.6 is 0 Å². The monoisotopic (exact) mass is 778 g/mol. The summed E-state index contributed by atoms with van der Waals surface area (Å²) < 4.78 is 19.7. The molecule has 10 heteroatoms. The Balaban J connectivity index is 1.25. The standard InChI is InChI=1S/C46H66O10/c1-7-28-20-46(40(52)53)18-17-41(2,24-47)21-31(46)29-15-16-33-43(4,45(28,29)6)19-27-13-14-30-36(54-22-26-11-9-8-10-12-26)38(42(3,25-48)37(27)44(30,33)5)56-39-35(51)34(50)32(49)23-55-39/h8-15,27-28,30-39,47-51H,7,16-25H2,1-6H3,(H,52,53)/t27-,28-,30-,31+,32-,33-,34+,35-,36-,37-,38-,39-,41+,42+,43-,44-,45-,46-/m1/s1. The second-order valence-corrected chi connectivity index (χ2v) is 20.4. The Kier molecular flexibility index (Phi) is 10.1. The molecule has 6 N–H and O–H groups in total. The number of aliphatic carboxylic acids is 1. The summed E-state index contributed by atoms with van der Waals surface area (Å²) in [6, 6.07) is 9.98. The second kappa shape index (κ2) is 14.0. The van der Waals surface area contributed by atoms with Gasteiger partial charge in [0.05, 0.1) is 37.4 Å². The lowest BCUT2D eigenvalue weighted by atomic mass is 9.28. The van der Waals surface area contributed by atoms with Crippen LogP contribution in [-0.4, -0.2) is 93.2 Å². The topological polar surface area (TPSA) is 166 Å². The van der Waals surface area contributed by atoms with Gasteiger partial charge in [0.2, 0.25) is 0 Å². The summed E-state index contributed by atoms with van der Waals surface area (Å²) in [6.45, 7) is 13.7. The van der Waals surface area contributed by atoms with Crippen LogP contribution in [0.1, 0.15) is 92.1 Å². The predicted octanol–water partition coefficient (Wildman–Crippen LogP) is 5.50. The van der Waals surface area contributed by atoms with Gasteiger partial charge in [0.15, 0.2) is 6.29 Å². The molecule has 310 valence electrons. The van der Waals surface area contributed by atoms with Gasteiger partial charge in [-0.15, -0.1) is 0 Å². The Morgan fingerprint density at radius 1 is 0.929 bits per heavy atom. The minimum Gasteiger partial charge on any atom is -0.481 e. The number of hydrogen-bond donors (Lipinski definition) is 6.